The zero-order chi connectivity index (χ0) is 25.8. The lowest BCUT2D eigenvalue weighted by molar-refractivity contribution is -0.255. The number of carbonyl (C=O) groups excluding carboxylic acids is 1. The average Bonchev–Trinajstić information content (AvgIpc) is 3.50. The summed E-state index contributed by atoms with van der Waals surface area (Å²) in [6.45, 7) is 17.2. The number of fused-ring (bicyclic) bond motifs is 1. The lowest BCUT2D eigenvalue weighted by Crippen LogP contribution is -2.60. The predicted molar refractivity (Wildman–Crippen MR) is 137 cm³/mol. The van der Waals surface area contributed by atoms with Gasteiger partial charge in [-0.25, -0.2) is 4.79 Å². The van der Waals surface area contributed by atoms with Crippen LogP contribution in [0.1, 0.15) is 53.9 Å². The highest BCUT2D eigenvalue weighted by molar-refractivity contribution is 6.74. The van der Waals surface area contributed by atoms with Gasteiger partial charge in [-0.15, -0.1) is 0 Å². The Morgan fingerprint density at radius 3 is 2.72 bits per heavy atom. The molecule has 0 amide bonds. The zero-order valence-corrected chi connectivity index (χ0v) is 24.0. The number of cyclic esters (lactones) is 1. The monoisotopic (exact) mass is 515 g/mol. The van der Waals surface area contributed by atoms with E-state index >= 15 is 0 Å². The van der Waals surface area contributed by atoms with E-state index in [1.807, 2.05) is 0 Å². The molecule has 5 fully saturated rings. The van der Waals surface area contributed by atoms with Crippen molar-refractivity contribution in [2.75, 3.05) is 20.3 Å². The van der Waals surface area contributed by atoms with Crippen molar-refractivity contribution in [2.45, 2.75) is 95.5 Å². The summed E-state index contributed by atoms with van der Waals surface area (Å²) in [6, 6.07) is 0.400. The Balaban J connectivity index is 1.27. The molecule has 0 aromatic rings. The Hall–Kier alpha value is -1.61. The summed E-state index contributed by atoms with van der Waals surface area (Å²) in [7, 11) is -0.166. The van der Waals surface area contributed by atoms with Crippen LogP contribution in [0.15, 0.2) is 35.0 Å². The second kappa shape index (κ2) is 7.71. The van der Waals surface area contributed by atoms with Crippen LogP contribution in [0.25, 0.3) is 0 Å². The van der Waals surface area contributed by atoms with Gasteiger partial charge in [-0.3, -0.25) is 4.90 Å². The number of esters is 1. The molecule has 5 saturated heterocycles. The third-order valence-corrected chi connectivity index (χ3v) is 15.0. The van der Waals surface area contributed by atoms with E-state index in [1.165, 1.54) is 0 Å². The summed E-state index contributed by atoms with van der Waals surface area (Å²) < 4.78 is 31.3. The minimum atomic E-state index is -1.74. The van der Waals surface area contributed by atoms with Crippen molar-refractivity contribution in [3.63, 3.8) is 0 Å². The van der Waals surface area contributed by atoms with Crippen LogP contribution < -0.4 is 0 Å². The van der Waals surface area contributed by atoms with Gasteiger partial charge in [0.05, 0.1) is 36.2 Å². The number of nitrogens with zero attached hydrogens (tertiary/aromatic N) is 1. The van der Waals surface area contributed by atoms with E-state index < -0.39 is 14.1 Å². The summed E-state index contributed by atoms with van der Waals surface area (Å²) in [5.41, 5.74) is 0.377. The lowest BCUT2D eigenvalue weighted by Gasteiger charge is -2.47. The molecule has 0 aliphatic carbocycles. The van der Waals surface area contributed by atoms with Gasteiger partial charge in [0.1, 0.15) is 5.76 Å². The van der Waals surface area contributed by atoms with E-state index in [4.69, 9.17) is 23.4 Å². The summed E-state index contributed by atoms with van der Waals surface area (Å²) in [4.78, 5) is 15.0. The lowest BCUT2D eigenvalue weighted by atomic mass is 9.71. The van der Waals surface area contributed by atoms with E-state index in [9.17, 15) is 4.79 Å². The SMILES string of the molecule is COC1=C(C)C(=O)O/C1=C1\O[C@@]23O[C@@H]4C[C@@H]([C@H]2[C@@H]1C)N1CC[C@H]3[C@@]41/C=C/CCO[Si](C)(C)C(C)(C)C. The second-order valence-corrected chi connectivity index (χ2v) is 17.8. The summed E-state index contributed by atoms with van der Waals surface area (Å²) in [5.74, 6) is 1.17. The van der Waals surface area contributed by atoms with Crippen molar-refractivity contribution >= 4 is 14.3 Å². The fourth-order valence-corrected chi connectivity index (χ4v) is 8.84. The zero-order valence-electron chi connectivity index (χ0n) is 23.0. The highest BCUT2D eigenvalue weighted by Gasteiger charge is 2.83. The maximum absolute atomic E-state index is 12.3. The van der Waals surface area contributed by atoms with E-state index in [2.05, 4.69) is 57.8 Å². The highest BCUT2D eigenvalue weighted by atomic mass is 28.4. The van der Waals surface area contributed by atoms with Gasteiger partial charge in [0.15, 0.2) is 14.1 Å². The number of rotatable bonds is 6. The van der Waals surface area contributed by atoms with E-state index in [1.54, 1.807) is 14.0 Å². The maximum atomic E-state index is 12.3. The first-order chi connectivity index (χ1) is 16.9. The smallest absolute Gasteiger partial charge is 0.343 e. The number of carbonyl (C=O) groups is 1. The molecule has 0 N–H and O–H groups in total. The molecule has 198 valence electrons. The molecule has 6 heterocycles. The Bertz CT molecular complexity index is 1090. The average molecular weight is 516 g/mol. The highest BCUT2D eigenvalue weighted by Crippen LogP contribution is 2.72. The molecule has 0 aromatic heterocycles. The standard InChI is InChI=1S/C28H41NO6Si/c1-16-21-18-15-20-27(12-9-10-14-32-36(7,8)26(3,4)5)19(11-13-29(18)27)28(21,34-20)35-23(16)24-22(31-6)17(2)25(30)33-24/h9,12,16,18-21H,10-11,13-15H2,1-8H3/b12-9+,24-23-/t16-,18-,19-,20+,21+,27-,28+/m0/s1. The van der Waals surface area contributed by atoms with E-state index in [-0.39, 0.29) is 40.4 Å². The van der Waals surface area contributed by atoms with Crippen LogP contribution in [0, 0.1) is 17.8 Å². The third kappa shape index (κ3) is 2.93. The van der Waals surface area contributed by atoms with Crippen molar-refractivity contribution in [1.29, 1.82) is 0 Å². The van der Waals surface area contributed by atoms with Crippen molar-refractivity contribution in [2.24, 2.45) is 17.8 Å². The van der Waals surface area contributed by atoms with Crippen molar-refractivity contribution in [3.05, 3.63) is 35.0 Å². The normalized spacial score (nSPS) is 44.7. The molecule has 6 rings (SSSR count). The molecule has 0 saturated carbocycles. The van der Waals surface area contributed by atoms with Crippen molar-refractivity contribution < 1.29 is 28.2 Å². The Morgan fingerprint density at radius 1 is 1.28 bits per heavy atom. The Morgan fingerprint density at radius 2 is 2.03 bits per heavy atom. The number of ether oxygens (including phenoxy) is 4. The summed E-state index contributed by atoms with van der Waals surface area (Å²) in [5, 5.41) is 0.221. The van der Waals surface area contributed by atoms with Gasteiger partial charge >= 0.3 is 5.97 Å². The molecule has 8 heteroatoms. The molecule has 36 heavy (non-hydrogen) atoms. The van der Waals surface area contributed by atoms with Crippen LogP contribution in [0.2, 0.25) is 18.1 Å². The minimum Gasteiger partial charge on any atom is -0.492 e. The molecule has 0 radical (unpaired) electrons. The molecule has 1 unspecified atom stereocenters. The topological polar surface area (TPSA) is 66.5 Å². The number of piperidine rings is 1. The van der Waals surface area contributed by atoms with Gasteiger partial charge in [0.2, 0.25) is 11.5 Å². The fraction of sp³-hybridized carbons (Fsp3) is 0.750. The predicted octanol–water partition coefficient (Wildman–Crippen LogP) is 4.87. The van der Waals surface area contributed by atoms with Gasteiger partial charge in [0, 0.05) is 25.1 Å². The van der Waals surface area contributed by atoms with Crippen LogP contribution in [-0.2, 0) is 28.2 Å². The molecular formula is C28H41NO6Si. The van der Waals surface area contributed by atoms with Crippen LogP contribution in [0.5, 0.6) is 0 Å². The van der Waals surface area contributed by atoms with Crippen LogP contribution >= 0.6 is 0 Å². The Kier molecular flexibility index (Phi) is 5.29. The molecular weight excluding hydrogens is 474 g/mol. The largest absolute Gasteiger partial charge is 0.492 e. The van der Waals surface area contributed by atoms with E-state index in [0.29, 0.717) is 28.9 Å². The van der Waals surface area contributed by atoms with Gasteiger partial charge in [0.25, 0.3) is 0 Å². The molecule has 6 aliphatic heterocycles. The quantitative estimate of drug-likeness (QED) is 0.216. The van der Waals surface area contributed by atoms with Gasteiger partial charge in [-0.05, 0) is 44.3 Å². The van der Waals surface area contributed by atoms with Crippen LogP contribution in [-0.4, -0.2) is 62.9 Å². The molecule has 6 aliphatic rings. The fourth-order valence-electron chi connectivity index (χ4n) is 7.78. The molecule has 5 bridgehead atoms. The minimum absolute atomic E-state index is 0.0796. The van der Waals surface area contributed by atoms with E-state index in [0.717, 1.165) is 32.4 Å². The number of methoxy groups -OCH3 is 1. The summed E-state index contributed by atoms with van der Waals surface area (Å²) in [6.07, 6.45) is 7.86. The van der Waals surface area contributed by atoms with Crippen molar-refractivity contribution in [1.82, 2.24) is 4.90 Å². The first-order valence-corrected chi connectivity index (χ1v) is 16.5. The second-order valence-electron chi connectivity index (χ2n) is 13.0. The van der Waals surface area contributed by atoms with Gasteiger partial charge in [-0.2, -0.15) is 0 Å². The first-order valence-electron chi connectivity index (χ1n) is 13.6. The van der Waals surface area contributed by atoms with Crippen LogP contribution in [0.4, 0.5) is 0 Å². The number of hydrogen-bond acceptors (Lipinski definition) is 7. The number of allylic oxidation sites excluding steroid dienone is 1. The Labute approximate surface area is 215 Å². The molecule has 8 atom stereocenters. The first kappa shape index (κ1) is 24.7. The van der Waals surface area contributed by atoms with Crippen molar-refractivity contribution in [3.8, 4) is 0 Å². The molecule has 0 aromatic carbocycles. The van der Waals surface area contributed by atoms with Gasteiger partial charge < -0.3 is 23.4 Å². The summed E-state index contributed by atoms with van der Waals surface area (Å²) >= 11 is 0. The number of hydrogen-bond donors (Lipinski definition) is 0. The molecule has 7 nitrogen and oxygen atoms in total. The molecule has 1 spiro atoms. The third-order valence-electron chi connectivity index (χ3n) is 10.4. The maximum Gasteiger partial charge on any atom is 0.343 e. The van der Waals surface area contributed by atoms with Gasteiger partial charge in [-0.1, -0.05) is 39.8 Å². The van der Waals surface area contributed by atoms with Crippen LogP contribution in [0.3, 0.4) is 0 Å².